The fourth-order valence-corrected chi connectivity index (χ4v) is 2.48. The Morgan fingerprint density at radius 3 is 2.42 bits per heavy atom. The average Bonchev–Trinajstić information content (AvgIpc) is 2.55. The number of hydrogen-bond donors (Lipinski definition) is 1. The highest BCUT2D eigenvalue weighted by atomic mass is 35.5. The number of amides is 1. The van der Waals surface area contributed by atoms with Gasteiger partial charge in [-0.25, -0.2) is 0 Å². The fourth-order valence-electron chi connectivity index (χ4n) is 2.24. The van der Waals surface area contributed by atoms with Gasteiger partial charge in [-0.3, -0.25) is 14.4 Å². The molecule has 0 saturated carbocycles. The number of benzene rings is 2. The van der Waals surface area contributed by atoms with Crippen LogP contribution in [0.4, 0.5) is 5.69 Å². The molecule has 2 aromatic carbocycles. The van der Waals surface area contributed by atoms with E-state index < -0.39 is 0 Å². The van der Waals surface area contributed by atoms with Crippen molar-refractivity contribution in [3.8, 4) is 0 Å². The number of rotatable bonds is 6. The number of carbonyl (C=O) groups is 3. The highest BCUT2D eigenvalue weighted by molar-refractivity contribution is 6.34. The molecule has 2 rings (SSSR count). The quantitative estimate of drug-likeness (QED) is 0.788. The molecule has 0 heterocycles. The first-order chi connectivity index (χ1) is 11.4. The van der Waals surface area contributed by atoms with Gasteiger partial charge in [-0.2, -0.15) is 0 Å². The molecule has 0 spiro atoms. The van der Waals surface area contributed by atoms with Gasteiger partial charge in [-0.15, -0.1) is 0 Å². The van der Waals surface area contributed by atoms with Crippen molar-refractivity contribution >= 4 is 34.8 Å². The van der Waals surface area contributed by atoms with Gasteiger partial charge in [0.2, 0.25) is 5.91 Å². The molecule has 0 radical (unpaired) electrons. The first kappa shape index (κ1) is 17.9. The molecule has 1 N–H and O–H groups in total. The van der Waals surface area contributed by atoms with Gasteiger partial charge in [-0.1, -0.05) is 35.9 Å². The Labute approximate surface area is 145 Å². The SMILES string of the molecule is CC(=O)c1ccc(C)c(NC(=O)CCC(=O)c2ccccc2Cl)c1. The third-order valence-corrected chi connectivity index (χ3v) is 4.00. The van der Waals surface area contributed by atoms with Gasteiger partial charge in [0.1, 0.15) is 0 Å². The second kappa shape index (κ2) is 7.88. The number of hydrogen-bond acceptors (Lipinski definition) is 3. The third-order valence-electron chi connectivity index (χ3n) is 3.67. The van der Waals surface area contributed by atoms with Crippen molar-refractivity contribution in [2.45, 2.75) is 26.7 Å². The highest BCUT2D eigenvalue weighted by Crippen LogP contribution is 2.19. The Morgan fingerprint density at radius 2 is 1.75 bits per heavy atom. The number of nitrogens with one attached hydrogen (secondary N) is 1. The largest absolute Gasteiger partial charge is 0.326 e. The molecule has 2 aromatic rings. The molecule has 0 aliphatic carbocycles. The normalized spacial score (nSPS) is 10.3. The second-order valence-electron chi connectivity index (χ2n) is 5.54. The lowest BCUT2D eigenvalue weighted by atomic mass is 10.1. The van der Waals surface area contributed by atoms with E-state index in [1.54, 1.807) is 42.5 Å². The summed E-state index contributed by atoms with van der Waals surface area (Å²) in [6, 6.07) is 11.9. The van der Waals surface area contributed by atoms with Crippen molar-refractivity contribution in [1.82, 2.24) is 0 Å². The topological polar surface area (TPSA) is 63.2 Å². The lowest BCUT2D eigenvalue weighted by Gasteiger charge is -2.10. The first-order valence-corrected chi connectivity index (χ1v) is 7.95. The van der Waals surface area contributed by atoms with E-state index in [0.29, 0.717) is 21.8 Å². The molecule has 5 heteroatoms. The van der Waals surface area contributed by atoms with Crippen LogP contribution in [0.5, 0.6) is 0 Å². The molecule has 0 atom stereocenters. The van der Waals surface area contributed by atoms with E-state index in [2.05, 4.69) is 5.32 Å². The summed E-state index contributed by atoms with van der Waals surface area (Å²) in [4.78, 5) is 35.6. The van der Waals surface area contributed by atoms with Crippen molar-refractivity contribution in [3.63, 3.8) is 0 Å². The lowest BCUT2D eigenvalue weighted by molar-refractivity contribution is -0.116. The zero-order valence-electron chi connectivity index (χ0n) is 13.6. The standard InChI is InChI=1S/C19H18ClNO3/c1-12-7-8-14(13(2)22)11-17(12)21-19(24)10-9-18(23)15-5-3-4-6-16(15)20/h3-8,11H,9-10H2,1-2H3,(H,21,24). The van der Waals surface area contributed by atoms with Crippen LogP contribution in [0.2, 0.25) is 5.02 Å². The Balaban J connectivity index is 1.99. The summed E-state index contributed by atoms with van der Waals surface area (Å²) in [5.41, 5.74) is 2.38. The molecule has 0 fully saturated rings. The van der Waals surface area contributed by atoms with Crippen molar-refractivity contribution < 1.29 is 14.4 Å². The number of ketones is 2. The summed E-state index contributed by atoms with van der Waals surface area (Å²) >= 11 is 5.98. The summed E-state index contributed by atoms with van der Waals surface area (Å²) < 4.78 is 0. The zero-order valence-corrected chi connectivity index (χ0v) is 14.3. The number of halogens is 1. The number of anilines is 1. The third kappa shape index (κ3) is 4.52. The van der Waals surface area contributed by atoms with Crippen LogP contribution in [-0.4, -0.2) is 17.5 Å². The minimum absolute atomic E-state index is 0.0494. The van der Waals surface area contributed by atoms with Crippen molar-refractivity contribution in [3.05, 3.63) is 64.2 Å². The first-order valence-electron chi connectivity index (χ1n) is 7.57. The van der Waals surface area contributed by atoms with Crippen LogP contribution in [0.15, 0.2) is 42.5 Å². The average molecular weight is 344 g/mol. The zero-order chi connectivity index (χ0) is 17.7. The van der Waals surface area contributed by atoms with Gasteiger partial charge in [-0.05, 0) is 37.6 Å². The summed E-state index contributed by atoms with van der Waals surface area (Å²) in [6.45, 7) is 3.31. The highest BCUT2D eigenvalue weighted by Gasteiger charge is 2.13. The van der Waals surface area contributed by atoms with E-state index in [1.165, 1.54) is 6.92 Å². The second-order valence-corrected chi connectivity index (χ2v) is 5.94. The number of Topliss-reactive ketones (excluding diaryl/α,β-unsaturated/α-hetero) is 2. The van der Waals surface area contributed by atoms with E-state index in [1.807, 2.05) is 6.92 Å². The molecular weight excluding hydrogens is 326 g/mol. The van der Waals surface area contributed by atoms with Gasteiger partial charge in [0.25, 0.3) is 0 Å². The molecule has 124 valence electrons. The monoisotopic (exact) mass is 343 g/mol. The molecule has 4 nitrogen and oxygen atoms in total. The smallest absolute Gasteiger partial charge is 0.224 e. The van der Waals surface area contributed by atoms with E-state index in [4.69, 9.17) is 11.6 Å². The molecule has 0 aliphatic rings. The molecule has 0 bridgehead atoms. The summed E-state index contributed by atoms with van der Waals surface area (Å²) in [5.74, 6) is -0.524. The number of aryl methyl sites for hydroxylation is 1. The lowest BCUT2D eigenvalue weighted by Crippen LogP contribution is -2.14. The maximum Gasteiger partial charge on any atom is 0.224 e. The molecule has 0 aliphatic heterocycles. The van der Waals surface area contributed by atoms with E-state index in [-0.39, 0.29) is 30.3 Å². The van der Waals surface area contributed by atoms with E-state index in [9.17, 15) is 14.4 Å². The maximum atomic E-state index is 12.1. The molecule has 0 unspecified atom stereocenters. The van der Waals surface area contributed by atoms with Gasteiger partial charge >= 0.3 is 0 Å². The van der Waals surface area contributed by atoms with Crippen LogP contribution in [0, 0.1) is 6.92 Å². The van der Waals surface area contributed by atoms with Crippen molar-refractivity contribution in [2.75, 3.05) is 5.32 Å². The van der Waals surface area contributed by atoms with Gasteiger partial charge in [0, 0.05) is 29.7 Å². The van der Waals surface area contributed by atoms with E-state index >= 15 is 0 Å². The fraction of sp³-hybridized carbons (Fsp3) is 0.211. The molecule has 0 aromatic heterocycles. The van der Waals surface area contributed by atoms with Crippen LogP contribution in [0.25, 0.3) is 0 Å². The summed E-state index contributed by atoms with van der Waals surface area (Å²) in [6.07, 6.45) is 0.120. The van der Waals surface area contributed by atoms with Crippen LogP contribution in [0.3, 0.4) is 0 Å². The molecule has 0 saturated heterocycles. The van der Waals surface area contributed by atoms with Gasteiger partial charge in [0.05, 0.1) is 5.02 Å². The summed E-state index contributed by atoms with van der Waals surface area (Å²) in [5, 5.41) is 3.13. The van der Waals surface area contributed by atoms with Crippen LogP contribution in [0.1, 0.15) is 46.0 Å². The van der Waals surface area contributed by atoms with Crippen LogP contribution >= 0.6 is 11.6 Å². The Bertz CT molecular complexity index is 799. The van der Waals surface area contributed by atoms with Crippen LogP contribution < -0.4 is 5.32 Å². The Morgan fingerprint density at radius 1 is 1.04 bits per heavy atom. The van der Waals surface area contributed by atoms with Crippen molar-refractivity contribution in [1.29, 1.82) is 0 Å². The van der Waals surface area contributed by atoms with Crippen molar-refractivity contribution in [2.24, 2.45) is 0 Å². The van der Waals surface area contributed by atoms with Gasteiger partial charge < -0.3 is 5.32 Å². The van der Waals surface area contributed by atoms with Crippen LogP contribution in [-0.2, 0) is 4.79 Å². The predicted molar refractivity (Wildman–Crippen MR) is 94.8 cm³/mol. The Hall–Kier alpha value is -2.46. The van der Waals surface area contributed by atoms with E-state index in [0.717, 1.165) is 5.56 Å². The summed E-state index contributed by atoms with van der Waals surface area (Å²) in [7, 11) is 0. The maximum absolute atomic E-state index is 12.1. The minimum atomic E-state index is -0.279. The van der Waals surface area contributed by atoms with Gasteiger partial charge in [0.15, 0.2) is 11.6 Å². The number of carbonyl (C=O) groups excluding carboxylic acids is 3. The molecule has 24 heavy (non-hydrogen) atoms. The predicted octanol–water partition coefficient (Wildman–Crippen LogP) is 4.45. The Kier molecular flexibility index (Phi) is 5.88. The minimum Gasteiger partial charge on any atom is -0.326 e. The molecule has 1 amide bonds. The molecular formula is C19H18ClNO3.